The standard InChI is InChI=1S/C15H26O4/c1-3-14(16)19-13-11-9-7-5-6-8-10-12-15(17)18-4-2/h10,12H,3-9,11,13H2,1-2H3/b12-10+. The molecule has 0 aliphatic heterocycles. The van der Waals surface area contributed by atoms with E-state index in [1.165, 1.54) is 6.08 Å². The highest BCUT2D eigenvalue weighted by Gasteiger charge is 1.97. The average molecular weight is 270 g/mol. The van der Waals surface area contributed by atoms with Crippen molar-refractivity contribution in [2.75, 3.05) is 13.2 Å². The van der Waals surface area contributed by atoms with Crippen LogP contribution < -0.4 is 0 Å². The second kappa shape index (κ2) is 13.1. The van der Waals surface area contributed by atoms with Crippen molar-refractivity contribution in [1.82, 2.24) is 0 Å². The van der Waals surface area contributed by atoms with Gasteiger partial charge in [-0.15, -0.1) is 0 Å². The van der Waals surface area contributed by atoms with E-state index in [1.807, 2.05) is 6.08 Å². The molecule has 19 heavy (non-hydrogen) atoms. The largest absolute Gasteiger partial charge is 0.466 e. The molecule has 110 valence electrons. The predicted molar refractivity (Wildman–Crippen MR) is 74.7 cm³/mol. The van der Waals surface area contributed by atoms with Crippen molar-refractivity contribution in [3.05, 3.63) is 12.2 Å². The summed E-state index contributed by atoms with van der Waals surface area (Å²) in [5.41, 5.74) is 0. The average Bonchev–Trinajstić information content (AvgIpc) is 2.40. The van der Waals surface area contributed by atoms with Gasteiger partial charge in [0.05, 0.1) is 13.2 Å². The summed E-state index contributed by atoms with van der Waals surface area (Å²) in [6.45, 7) is 4.55. The van der Waals surface area contributed by atoms with E-state index in [9.17, 15) is 9.59 Å². The summed E-state index contributed by atoms with van der Waals surface area (Å²) < 4.78 is 9.76. The van der Waals surface area contributed by atoms with Gasteiger partial charge in [-0.05, 0) is 26.2 Å². The maximum absolute atomic E-state index is 11.0. The van der Waals surface area contributed by atoms with Crippen LogP contribution in [-0.2, 0) is 19.1 Å². The smallest absolute Gasteiger partial charge is 0.330 e. The molecule has 0 fully saturated rings. The summed E-state index contributed by atoms with van der Waals surface area (Å²) in [6, 6.07) is 0. The van der Waals surface area contributed by atoms with Crippen molar-refractivity contribution in [3.63, 3.8) is 0 Å². The molecule has 0 atom stereocenters. The van der Waals surface area contributed by atoms with Gasteiger partial charge >= 0.3 is 11.9 Å². The normalized spacial score (nSPS) is 10.6. The van der Waals surface area contributed by atoms with Crippen LogP contribution in [0.2, 0.25) is 0 Å². The molecule has 0 amide bonds. The fourth-order valence-corrected chi connectivity index (χ4v) is 1.55. The molecule has 0 aromatic rings. The Morgan fingerprint density at radius 1 is 0.947 bits per heavy atom. The fraction of sp³-hybridized carbons (Fsp3) is 0.733. The molecule has 0 saturated heterocycles. The van der Waals surface area contributed by atoms with E-state index in [4.69, 9.17) is 9.47 Å². The van der Waals surface area contributed by atoms with E-state index in [1.54, 1.807) is 13.8 Å². The highest BCUT2D eigenvalue weighted by atomic mass is 16.5. The number of carbonyl (C=O) groups excluding carboxylic acids is 2. The number of ether oxygens (including phenoxy) is 2. The van der Waals surface area contributed by atoms with E-state index >= 15 is 0 Å². The van der Waals surface area contributed by atoms with Crippen LogP contribution in [0.1, 0.15) is 58.8 Å². The van der Waals surface area contributed by atoms with Crippen molar-refractivity contribution in [2.24, 2.45) is 0 Å². The molecular weight excluding hydrogens is 244 g/mol. The zero-order valence-electron chi connectivity index (χ0n) is 12.2. The topological polar surface area (TPSA) is 52.6 Å². The molecule has 0 rings (SSSR count). The lowest BCUT2D eigenvalue weighted by atomic mass is 10.1. The minimum Gasteiger partial charge on any atom is -0.466 e. The number of unbranched alkanes of at least 4 members (excludes halogenated alkanes) is 5. The van der Waals surface area contributed by atoms with E-state index in [0.29, 0.717) is 19.6 Å². The molecule has 4 heteroatoms. The van der Waals surface area contributed by atoms with Crippen LogP contribution in [-0.4, -0.2) is 25.2 Å². The van der Waals surface area contributed by atoms with Crippen LogP contribution in [0.15, 0.2) is 12.2 Å². The second-order valence-corrected chi connectivity index (χ2v) is 4.28. The summed E-state index contributed by atoms with van der Waals surface area (Å²) in [7, 11) is 0. The first-order chi connectivity index (χ1) is 9.20. The minimum absolute atomic E-state index is 0.121. The minimum atomic E-state index is -0.264. The van der Waals surface area contributed by atoms with E-state index in [2.05, 4.69) is 0 Å². The number of rotatable bonds is 11. The van der Waals surface area contributed by atoms with E-state index in [-0.39, 0.29) is 11.9 Å². The Morgan fingerprint density at radius 3 is 2.32 bits per heavy atom. The number of hydrogen-bond donors (Lipinski definition) is 0. The fourth-order valence-electron chi connectivity index (χ4n) is 1.55. The summed E-state index contributed by atoms with van der Waals surface area (Å²) in [6.07, 6.45) is 10.1. The third kappa shape index (κ3) is 12.9. The molecule has 0 saturated carbocycles. The van der Waals surface area contributed by atoms with Crippen molar-refractivity contribution in [1.29, 1.82) is 0 Å². The lowest BCUT2D eigenvalue weighted by Crippen LogP contribution is -2.03. The van der Waals surface area contributed by atoms with Crippen LogP contribution in [0.4, 0.5) is 0 Å². The Bertz CT molecular complexity index is 271. The van der Waals surface area contributed by atoms with Gasteiger partial charge in [-0.1, -0.05) is 32.3 Å². The Kier molecular flexibility index (Phi) is 12.2. The molecule has 0 aromatic carbocycles. The first-order valence-electron chi connectivity index (χ1n) is 7.19. The number of esters is 2. The SMILES string of the molecule is CCOC(=O)/C=C/CCCCCCCOC(=O)CC. The Hall–Kier alpha value is -1.32. The monoisotopic (exact) mass is 270 g/mol. The molecule has 0 heterocycles. The van der Waals surface area contributed by atoms with Gasteiger partial charge in [-0.25, -0.2) is 4.79 Å². The first kappa shape index (κ1) is 17.7. The molecule has 0 spiro atoms. The van der Waals surface area contributed by atoms with Crippen molar-refractivity contribution in [3.8, 4) is 0 Å². The molecule has 0 bridgehead atoms. The lowest BCUT2D eigenvalue weighted by Gasteiger charge is -2.02. The lowest BCUT2D eigenvalue weighted by molar-refractivity contribution is -0.143. The van der Waals surface area contributed by atoms with Gasteiger partial charge in [0.2, 0.25) is 0 Å². The van der Waals surface area contributed by atoms with Crippen molar-refractivity contribution >= 4 is 11.9 Å². The molecule has 0 radical (unpaired) electrons. The summed E-state index contributed by atoms with van der Waals surface area (Å²) in [5.74, 6) is -0.385. The molecule has 0 unspecified atom stereocenters. The quantitative estimate of drug-likeness (QED) is 0.328. The summed E-state index contributed by atoms with van der Waals surface area (Å²) in [4.78, 5) is 21.8. The Balaban J connectivity index is 3.23. The van der Waals surface area contributed by atoms with Crippen LogP contribution >= 0.6 is 0 Å². The van der Waals surface area contributed by atoms with Crippen molar-refractivity contribution in [2.45, 2.75) is 58.8 Å². The molecule has 0 aromatic heterocycles. The van der Waals surface area contributed by atoms with Crippen LogP contribution in [0.25, 0.3) is 0 Å². The molecule has 0 N–H and O–H groups in total. The van der Waals surface area contributed by atoms with Crippen molar-refractivity contribution < 1.29 is 19.1 Å². The van der Waals surface area contributed by atoms with Gasteiger partial charge in [0, 0.05) is 12.5 Å². The zero-order valence-corrected chi connectivity index (χ0v) is 12.2. The highest BCUT2D eigenvalue weighted by molar-refractivity contribution is 5.81. The Morgan fingerprint density at radius 2 is 1.63 bits per heavy atom. The van der Waals surface area contributed by atoms with E-state index < -0.39 is 0 Å². The highest BCUT2D eigenvalue weighted by Crippen LogP contribution is 2.06. The van der Waals surface area contributed by atoms with Crippen LogP contribution in [0.3, 0.4) is 0 Å². The van der Waals surface area contributed by atoms with Gasteiger partial charge in [-0.2, -0.15) is 0 Å². The van der Waals surface area contributed by atoms with Gasteiger partial charge in [0.25, 0.3) is 0 Å². The number of hydrogen-bond acceptors (Lipinski definition) is 4. The molecular formula is C15H26O4. The maximum atomic E-state index is 11.0. The van der Waals surface area contributed by atoms with E-state index in [0.717, 1.165) is 38.5 Å². The molecule has 4 nitrogen and oxygen atoms in total. The van der Waals surface area contributed by atoms with Gasteiger partial charge in [0.1, 0.15) is 0 Å². The van der Waals surface area contributed by atoms with Crippen LogP contribution in [0.5, 0.6) is 0 Å². The van der Waals surface area contributed by atoms with Gasteiger partial charge in [-0.3, -0.25) is 4.79 Å². The van der Waals surface area contributed by atoms with Gasteiger partial charge < -0.3 is 9.47 Å². The maximum Gasteiger partial charge on any atom is 0.330 e. The zero-order chi connectivity index (χ0) is 14.3. The summed E-state index contributed by atoms with van der Waals surface area (Å²) in [5, 5.41) is 0. The second-order valence-electron chi connectivity index (χ2n) is 4.28. The predicted octanol–water partition coefficient (Wildman–Crippen LogP) is 3.40. The number of carbonyl (C=O) groups is 2. The third-order valence-electron chi connectivity index (χ3n) is 2.61. The Labute approximate surface area is 116 Å². The first-order valence-corrected chi connectivity index (χ1v) is 7.19. The summed E-state index contributed by atoms with van der Waals surface area (Å²) >= 11 is 0. The number of allylic oxidation sites excluding steroid dienone is 1. The van der Waals surface area contributed by atoms with Crippen LogP contribution in [0, 0.1) is 0 Å². The third-order valence-corrected chi connectivity index (χ3v) is 2.61. The molecule has 0 aliphatic rings. The van der Waals surface area contributed by atoms with Gasteiger partial charge in [0.15, 0.2) is 0 Å². The molecule has 0 aliphatic carbocycles.